The molecule has 2 atom stereocenters. The number of aromatic nitrogens is 2. The zero-order valence-corrected chi connectivity index (χ0v) is 10.3. The molecule has 2 unspecified atom stereocenters. The molecule has 0 amide bonds. The van der Waals surface area contributed by atoms with Crippen molar-refractivity contribution in [1.29, 1.82) is 0 Å². The van der Waals surface area contributed by atoms with E-state index in [2.05, 4.69) is 15.3 Å². The lowest BCUT2D eigenvalue weighted by molar-refractivity contribution is 0.0115. The Balaban J connectivity index is 1.86. The zero-order chi connectivity index (χ0) is 12.7. The molecule has 0 aromatic carbocycles. The Morgan fingerprint density at radius 1 is 1.50 bits per heavy atom. The molecule has 98 valence electrons. The van der Waals surface area contributed by atoms with Crippen molar-refractivity contribution in [1.82, 2.24) is 9.97 Å². The van der Waals surface area contributed by atoms with Crippen molar-refractivity contribution >= 4 is 17.5 Å². The highest BCUT2D eigenvalue weighted by molar-refractivity contribution is 5.74. The number of aliphatic hydroxyl groups is 1. The lowest BCUT2D eigenvalue weighted by Gasteiger charge is -2.24. The van der Waals surface area contributed by atoms with E-state index >= 15 is 0 Å². The first-order valence-corrected chi connectivity index (χ1v) is 6.10. The summed E-state index contributed by atoms with van der Waals surface area (Å²) < 4.78 is 5.77. The minimum absolute atomic E-state index is 0.0513. The van der Waals surface area contributed by atoms with Gasteiger partial charge in [0.15, 0.2) is 5.82 Å². The molecule has 0 aliphatic carbocycles. The second-order valence-electron chi connectivity index (χ2n) is 4.64. The molecule has 1 fully saturated rings. The predicted octanol–water partition coefficient (Wildman–Crippen LogP) is 0.0540. The molecule has 3 rings (SSSR count). The van der Waals surface area contributed by atoms with E-state index in [1.807, 2.05) is 11.8 Å². The molecule has 0 spiro atoms. The summed E-state index contributed by atoms with van der Waals surface area (Å²) in [5.41, 5.74) is 7.45. The van der Waals surface area contributed by atoms with E-state index in [1.54, 1.807) is 0 Å². The van der Waals surface area contributed by atoms with Gasteiger partial charge in [0.05, 0.1) is 25.1 Å². The maximum atomic E-state index is 9.11. The number of nitrogens with zero attached hydrogens (tertiary/aromatic N) is 3. The Kier molecular flexibility index (Phi) is 2.71. The summed E-state index contributed by atoms with van der Waals surface area (Å²) in [6.07, 6.45) is 1.63. The molecule has 1 aromatic rings. The molecule has 7 heteroatoms. The Labute approximate surface area is 105 Å². The summed E-state index contributed by atoms with van der Waals surface area (Å²) in [4.78, 5) is 10.5. The minimum atomic E-state index is -0.0701. The quantitative estimate of drug-likeness (QED) is 0.683. The van der Waals surface area contributed by atoms with E-state index < -0.39 is 0 Å². The number of aryl methyl sites for hydroxylation is 1. The van der Waals surface area contributed by atoms with Crippen molar-refractivity contribution in [2.45, 2.75) is 32.1 Å². The van der Waals surface area contributed by atoms with Crippen LogP contribution in [0.5, 0.6) is 0 Å². The van der Waals surface area contributed by atoms with E-state index in [1.165, 1.54) is 0 Å². The first-order chi connectivity index (χ1) is 8.69. The summed E-state index contributed by atoms with van der Waals surface area (Å²) in [7, 11) is 0. The fourth-order valence-electron chi connectivity index (χ4n) is 2.52. The van der Waals surface area contributed by atoms with Crippen molar-refractivity contribution < 1.29 is 9.84 Å². The standard InChI is InChI=1S/C11H17N5O2/c1-6-9-10(15-11(12)14-6)16(5-13-9)8-3-2-7(4-17)18-8/h7-8,13,17H,2-5H2,1H3,(H2,12,14,15). The normalized spacial score (nSPS) is 26.2. The molecule has 1 aromatic heterocycles. The summed E-state index contributed by atoms with van der Waals surface area (Å²) >= 11 is 0. The molecule has 3 heterocycles. The van der Waals surface area contributed by atoms with Gasteiger partial charge in [0.2, 0.25) is 5.95 Å². The summed E-state index contributed by atoms with van der Waals surface area (Å²) in [5.74, 6) is 1.07. The lowest BCUT2D eigenvalue weighted by Crippen LogP contribution is -2.36. The Bertz CT molecular complexity index is 467. The summed E-state index contributed by atoms with van der Waals surface area (Å²) in [5, 5.41) is 12.4. The monoisotopic (exact) mass is 251 g/mol. The highest BCUT2D eigenvalue weighted by Gasteiger charge is 2.35. The van der Waals surface area contributed by atoms with Gasteiger partial charge in [-0.15, -0.1) is 0 Å². The third-order valence-electron chi connectivity index (χ3n) is 3.42. The molecule has 2 aliphatic heterocycles. The number of aliphatic hydroxyl groups excluding tert-OH is 1. The van der Waals surface area contributed by atoms with Gasteiger partial charge in [-0.2, -0.15) is 4.98 Å². The van der Waals surface area contributed by atoms with Crippen LogP contribution in [0.3, 0.4) is 0 Å². The van der Waals surface area contributed by atoms with E-state index in [9.17, 15) is 0 Å². The van der Waals surface area contributed by atoms with E-state index in [4.69, 9.17) is 15.6 Å². The van der Waals surface area contributed by atoms with E-state index in [0.717, 1.165) is 30.0 Å². The van der Waals surface area contributed by atoms with Crippen LogP contribution in [-0.4, -0.2) is 40.7 Å². The van der Waals surface area contributed by atoms with Gasteiger partial charge in [0, 0.05) is 0 Å². The van der Waals surface area contributed by atoms with Crippen LogP contribution in [0, 0.1) is 6.92 Å². The molecule has 7 nitrogen and oxygen atoms in total. The van der Waals surface area contributed by atoms with Gasteiger partial charge < -0.3 is 25.8 Å². The molecule has 0 radical (unpaired) electrons. The number of hydrogen-bond acceptors (Lipinski definition) is 7. The van der Waals surface area contributed by atoms with Crippen molar-refractivity contribution in [3.63, 3.8) is 0 Å². The third kappa shape index (κ3) is 1.75. The molecule has 0 bridgehead atoms. The Hall–Kier alpha value is -1.60. The van der Waals surface area contributed by atoms with Crippen molar-refractivity contribution in [3.05, 3.63) is 5.69 Å². The molecule has 4 N–H and O–H groups in total. The fraction of sp³-hybridized carbons (Fsp3) is 0.636. The molecular weight excluding hydrogens is 234 g/mol. The first-order valence-electron chi connectivity index (χ1n) is 6.10. The number of nitrogens with two attached hydrogens (primary N) is 1. The van der Waals surface area contributed by atoms with Gasteiger partial charge in [-0.3, -0.25) is 0 Å². The smallest absolute Gasteiger partial charge is 0.222 e. The number of anilines is 3. The van der Waals surface area contributed by atoms with Crippen LogP contribution in [0.15, 0.2) is 0 Å². The van der Waals surface area contributed by atoms with Gasteiger partial charge in [0.1, 0.15) is 11.9 Å². The topological polar surface area (TPSA) is 96.5 Å². The second kappa shape index (κ2) is 4.25. The van der Waals surface area contributed by atoms with Gasteiger partial charge in [-0.05, 0) is 19.8 Å². The fourth-order valence-corrected chi connectivity index (χ4v) is 2.52. The van der Waals surface area contributed by atoms with Crippen LogP contribution in [0.25, 0.3) is 0 Å². The highest BCUT2D eigenvalue weighted by Crippen LogP contribution is 2.36. The molecule has 2 aliphatic rings. The summed E-state index contributed by atoms with van der Waals surface area (Å²) in [6.45, 7) is 2.60. The van der Waals surface area contributed by atoms with Gasteiger partial charge in [-0.25, -0.2) is 4.98 Å². The number of hydrogen-bond donors (Lipinski definition) is 3. The van der Waals surface area contributed by atoms with Crippen LogP contribution in [0.4, 0.5) is 17.5 Å². The van der Waals surface area contributed by atoms with E-state index in [0.29, 0.717) is 6.67 Å². The lowest BCUT2D eigenvalue weighted by atomic mass is 10.2. The van der Waals surface area contributed by atoms with Crippen LogP contribution in [0.1, 0.15) is 18.5 Å². The number of fused-ring (bicyclic) bond motifs is 1. The number of ether oxygens (including phenoxy) is 1. The van der Waals surface area contributed by atoms with Gasteiger partial charge >= 0.3 is 0 Å². The molecule has 18 heavy (non-hydrogen) atoms. The number of rotatable bonds is 2. The third-order valence-corrected chi connectivity index (χ3v) is 3.42. The molecular formula is C11H17N5O2. The van der Waals surface area contributed by atoms with Gasteiger partial charge in [0.25, 0.3) is 0 Å². The maximum absolute atomic E-state index is 9.11. The predicted molar refractivity (Wildman–Crippen MR) is 67.1 cm³/mol. The zero-order valence-electron chi connectivity index (χ0n) is 10.3. The second-order valence-corrected chi connectivity index (χ2v) is 4.64. The van der Waals surface area contributed by atoms with Crippen molar-refractivity contribution in [3.8, 4) is 0 Å². The summed E-state index contributed by atoms with van der Waals surface area (Å²) in [6, 6.07) is 0. The Morgan fingerprint density at radius 2 is 2.33 bits per heavy atom. The minimum Gasteiger partial charge on any atom is -0.394 e. The van der Waals surface area contributed by atoms with Gasteiger partial charge in [-0.1, -0.05) is 0 Å². The number of nitrogens with one attached hydrogen (secondary N) is 1. The van der Waals surface area contributed by atoms with Crippen LogP contribution in [-0.2, 0) is 4.74 Å². The van der Waals surface area contributed by atoms with Crippen LogP contribution >= 0.6 is 0 Å². The largest absolute Gasteiger partial charge is 0.394 e. The molecule has 0 saturated carbocycles. The average molecular weight is 251 g/mol. The van der Waals surface area contributed by atoms with Crippen molar-refractivity contribution in [2.75, 3.05) is 29.2 Å². The van der Waals surface area contributed by atoms with Crippen molar-refractivity contribution in [2.24, 2.45) is 0 Å². The average Bonchev–Trinajstić information content (AvgIpc) is 2.93. The number of nitrogen functional groups attached to an aromatic ring is 1. The van der Waals surface area contributed by atoms with Crippen LogP contribution in [0.2, 0.25) is 0 Å². The Morgan fingerprint density at radius 3 is 3.06 bits per heavy atom. The van der Waals surface area contributed by atoms with E-state index in [-0.39, 0.29) is 24.9 Å². The molecule has 1 saturated heterocycles. The maximum Gasteiger partial charge on any atom is 0.222 e. The SMILES string of the molecule is Cc1nc(N)nc2c1NCN2C1CCC(CO)O1. The van der Waals surface area contributed by atoms with Crippen LogP contribution < -0.4 is 16.0 Å². The first kappa shape index (κ1) is 11.5. The highest BCUT2D eigenvalue weighted by atomic mass is 16.5.